The number of amides is 2. The lowest BCUT2D eigenvalue weighted by Crippen LogP contribution is -2.14. The number of benzene rings is 2. The van der Waals surface area contributed by atoms with Crippen molar-refractivity contribution in [3.63, 3.8) is 0 Å². The van der Waals surface area contributed by atoms with Crippen molar-refractivity contribution in [2.75, 3.05) is 17.7 Å². The molecule has 1 atom stereocenters. The Balaban J connectivity index is 1.44. The van der Waals surface area contributed by atoms with Gasteiger partial charge in [0, 0.05) is 16.6 Å². The van der Waals surface area contributed by atoms with E-state index in [1.165, 1.54) is 11.3 Å². The van der Waals surface area contributed by atoms with Crippen LogP contribution in [0, 0.1) is 0 Å². The van der Waals surface area contributed by atoms with E-state index in [1.54, 1.807) is 7.11 Å². The van der Waals surface area contributed by atoms with Crippen molar-refractivity contribution < 1.29 is 14.3 Å². The van der Waals surface area contributed by atoms with E-state index in [0.29, 0.717) is 5.13 Å². The van der Waals surface area contributed by atoms with Gasteiger partial charge in [0.05, 0.1) is 25.1 Å². The number of anilines is 2. The van der Waals surface area contributed by atoms with Gasteiger partial charge in [-0.25, -0.2) is 4.98 Å². The molecule has 1 aliphatic heterocycles. The van der Waals surface area contributed by atoms with Gasteiger partial charge < -0.3 is 15.4 Å². The predicted octanol–water partition coefficient (Wildman–Crippen LogP) is 4.06. The molecular weight excluding hydrogens is 374 g/mol. The first-order valence-electron chi connectivity index (χ1n) is 8.87. The van der Waals surface area contributed by atoms with Crippen molar-refractivity contribution in [3.8, 4) is 17.0 Å². The zero-order chi connectivity index (χ0) is 19.7. The molecule has 2 N–H and O–H groups in total. The van der Waals surface area contributed by atoms with E-state index in [4.69, 9.17) is 4.74 Å². The molecule has 6 nitrogen and oxygen atoms in total. The quantitative estimate of drug-likeness (QED) is 0.685. The van der Waals surface area contributed by atoms with Gasteiger partial charge in [0.2, 0.25) is 11.8 Å². The van der Waals surface area contributed by atoms with E-state index in [1.807, 2.05) is 54.8 Å². The molecule has 0 spiro atoms. The molecule has 2 aromatic carbocycles. The highest BCUT2D eigenvalue weighted by atomic mass is 32.1. The Kier molecular flexibility index (Phi) is 4.83. The topological polar surface area (TPSA) is 80.3 Å². The number of nitrogens with zero attached hydrogens (tertiary/aromatic N) is 1. The standard InChI is InChI=1S/C21H19N3O3S/c1-12-16-10-14(5-8-17(16)22-20(12)26)18-11-28-21(23-18)24-19(25)9-13-3-6-15(27-2)7-4-13/h3-8,10-12H,9H2,1-2H3,(H,22,26)(H,23,24,25)/t12-/m0/s1. The van der Waals surface area contributed by atoms with Gasteiger partial charge in [-0.2, -0.15) is 0 Å². The van der Waals surface area contributed by atoms with E-state index in [0.717, 1.165) is 33.8 Å². The van der Waals surface area contributed by atoms with Crippen molar-refractivity contribution in [2.24, 2.45) is 0 Å². The van der Waals surface area contributed by atoms with E-state index < -0.39 is 0 Å². The molecule has 0 aliphatic carbocycles. The predicted molar refractivity (Wildman–Crippen MR) is 110 cm³/mol. The molecule has 0 unspecified atom stereocenters. The van der Waals surface area contributed by atoms with Crippen LogP contribution in [0.1, 0.15) is 24.0 Å². The van der Waals surface area contributed by atoms with E-state index in [9.17, 15) is 9.59 Å². The summed E-state index contributed by atoms with van der Waals surface area (Å²) in [4.78, 5) is 28.6. The third-order valence-corrected chi connectivity index (χ3v) is 5.50. The molecule has 1 aliphatic rings. The molecule has 28 heavy (non-hydrogen) atoms. The third kappa shape index (κ3) is 3.61. The molecule has 0 bridgehead atoms. The van der Waals surface area contributed by atoms with Gasteiger partial charge in [-0.3, -0.25) is 9.59 Å². The summed E-state index contributed by atoms with van der Waals surface area (Å²) >= 11 is 1.38. The number of hydrogen-bond acceptors (Lipinski definition) is 5. The molecule has 0 radical (unpaired) electrons. The van der Waals surface area contributed by atoms with Crippen molar-refractivity contribution in [1.29, 1.82) is 0 Å². The van der Waals surface area contributed by atoms with Crippen LogP contribution in [-0.4, -0.2) is 23.9 Å². The van der Waals surface area contributed by atoms with E-state index in [-0.39, 0.29) is 24.2 Å². The largest absolute Gasteiger partial charge is 0.497 e. The second-order valence-electron chi connectivity index (χ2n) is 6.62. The number of ether oxygens (including phenoxy) is 1. The molecule has 0 saturated carbocycles. The second kappa shape index (κ2) is 7.44. The lowest BCUT2D eigenvalue weighted by atomic mass is 10.00. The number of fused-ring (bicyclic) bond motifs is 1. The van der Waals surface area contributed by atoms with Crippen LogP contribution in [-0.2, 0) is 16.0 Å². The Labute approximate surface area is 166 Å². The van der Waals surface area contributed by atoms with Gasteiger partial charge in [0.25, 0.3) is 0 Å². The highest BCUT2D eigenvalue weighted by Gasteiger charge is 2.26. The lowest BCUT2D eigenvalue weighted by Gasteiger charge is -2.05. The van der Waals surface area contributed by atoms with Crippen LogP contribution in [0.4, 0.5) is 10.8 Å². The number of methoxy groups -OCH3 is 1. The summed E-state index contributed by atoms with van der Waals surface area (Å²) in [5.41, 5.74) is 4.43. The maximum Gasteiger partial charge on any atom is 0.231 e. The van der Waals surface area contributed by atoms with Gasteiger partial charge in [-0.1, -0.05) is 18.2 Å². The van der Waals surface area contributed by atoms with Crippen LogP contribution in [0.2, 0.25) is 0 Å². The van der Waals surface area contributed by atoms with Gasteiger partial charge in [-0.15, -0.1) is 11.3 Å². The average molecular weight is 393 g/mol. The van der Waals surface area contributed by atoms with Crippen LogP contribution < -0.4 is 15.4 Å². The first kappa shape index (κ1) is 18.2. The fourth-order valence-electron chi connectivity index (χ4n) is 3.13. The van der Waals surface area contributed by atoms with Crippen LogP contribution in [0.3, 0.4) is 0 Å². The fraction of sp³-hybridized carbons (Fsp3) is 0.190. The number of aromatic nitrogens is 1. The Morgan fingerprint density at radius 2 is 2.04 bits per heavy atom. The summed E-state index contributed by atoms with van der Waals surface area (Å²) in [7, 11) is 1.61. The Hall–Kier alpha value is -3.19. The van der Waals surface area contributed by atoms with E-state index in [2.05, 4.69) is 15.6 Å². The second-order valence-corrected chi connectivity index (χ2v) is 7.48. The number of carbonyl (C=O) groups excluding carboxylic acids is 2. The zero-order valence-corrected chi connectivity index (χ0v) is 16.3. The summed E-state index contributed by atoms with van der Waals surface area (Å²) in [6, 6.07) is 13.2. The molecule has 4 rings (SSSR count). The summed E-state index contributed by atoms with van der Waals surface area (Å²) in [6.07, 6.45) is 0.267. The van der Waals surface area contributed by atoms with Crippen LogP contribution in [0.25, 0.3) is 11.3 Å². The normalized spacial score (nSPS) is 15.1. The molecule has 2 amide bonds. The monoisotopic (exact) mass is 393 g/mol. The Morgan fingerprint density at radius 1 is 1.25 bits per heavy atom. The van der Waals surface area contributed by atoms with Gasteiger partial charge in [0.1, 0.15) is 5.75 Å². The van der Waals surface area contributed by atoms with Crippen molar-refractivity contribution >= 4 is 34.0 Å². The van der Waals surface area contributed by atoms with Gasteiger partial charge in [-0.05, 0) is 42.3 Å². The smallest absolute Gasteiger partial charge is 0.231 e. The summed E-state index contributed by atoms with van der Waals surface area (Å²) in [5, 5.41) is 8.17. The number of rotatable bonds is 5. The number of nitrogens with one attached hydrogen (secondary N) is 2. The van der Waals surface area contributed by atoms with Crippen LogP contribution in [0.5, 0.6) is 5.75 Å². The molecule has 1 aromatic heterocycles. The SMILES string of the molecule is COc1ccc(CC(=O)Nc2nc(-c3ccc4c(c3)[C@H](C)C(=O)N4)cs2)cc1. The molecule has 3 aromatic rings. The molecule has 7 heteroatoms. The third-order valence-electron chi connectivity index (χ3n) is 4.74. The Bertz CT molecular complexity index is 1040. The van der Waals surface area contributed by atoms with Crippen molar-refractivity contribution in [2.45, 2.75) is 19.3 Å². The van der Waals surface area contributed by atoms with E-state index >= 15 is 0 Å². The average Bonchev–Trinajstić information content (AvgIpc) is 3.27. The Morgan fingerprint density at radius 3 is 2.79 bits per heavy atom. The first-order chi connectivity index (χ1) is 13.5. The van der Waals surface area contributed by atoms with Gasteiger partial charge >= 0.3 is 0 Å². The van der Waals surface area contributed by atoms with Gasteiger partial charge in [0.15, 0.2) is 5.13 Å². The summed E-state index contributed by atoms with van der Waals surface area (Å²) in [6.45, 7) is 1.89. The van der Waals surface area contributed by atoms with Crippen molar-refractivity contribution in [3.05, 3.63) is 59.0 Å². The molecule has 0 saturated heterocycles. The summed E-state index contributed by atoms with van der Waals surface area (Å²) in [5.74, 6) is 0.479. The first-order valence-corrected chi connectivity index (χ1v) is 9.75. The number of hydrogen-bond donors (Lipinski definition) is 2. The minimum absolute atomic E-state index is 0.0110. The highest BCUT2D eigenvalue weighted by molar-refractivity contribution is 7.14. The van der Waals surface area contributed by atoms with Crippen LogP contribution in [0.15, 0.2) is 47.8 Å². The minimum Gasteiger partial charge on any atom is -0.497 e. The zero-order valence-electron chi connectivity index (χ0n) is 15.5. The summed E-state index contributed by atoms with van der Waals surface area (Å²) < 4.78 is 5.12. The fourth-order valence-corrected chi connectivity index (χ4v) is 3.87. The number of thiazole rings is 1. The highest BCUT2D eigenvalue weighted by Crippen LogP contribution is 2.36. The lowest BCUT2D eigenvalue weighted by molar-refractivity contribution is -0.117. The van der Waals surface area contributed by atoms with Crippen LogP contribution >= 0.6 is 11.3 Å². The molecule has 0 fully saturated rings. The molecule has 142 valence electrons. The molecule has 2 heterocycles. The molecular formula is C21H19N3O3S. The van der Waals surface area contributed by atoms with Crippen molar-refractivity contribution in [1.82, 2.24) is 4.98 Å². The number of carbonyl (C=O) groups is 2. The maximum absolute atomic E-state index is 12.3. The maximum atomic E-state index is 12.3. The minimum atomic E-state index is -0.169.